The third-order valence-electron chi connectivity index (χ3n) is 3.61. The first-order chi connectivity index (χ1) is 10.2. The van der Waals surface area contributed by atoms with E-state index >= 15 is 0 Å². The van der Waals surface area contributed by atoms with E-state index in [1.807, 2.05) is 29.5 Å². The van der Waals surface area contributed by atoms with Gasteiger partial charge in [-0.1, -0.05) is 54.1 Å². The topological polar surface area (TPSA) is 0 Å². The molecule has 0 spiro atoms. The fourth-order valence-electron chi connectivity index (χ4n) is 2.67. The summed E-state index contributed by atoms with van der Waals surface area (Å²) in [7, 11) is 0. The van der Waals surface area contributed by atoms with Crippen LogP contribution in [0.4, 0.5) is 0 Å². The molecule has 0 saturated heterocycles. The van der Waals surface area contributed by atoms with Crippen molar-refractivity contribution in [3.63, 3.8) is 0 Å². The molecule has 3 aromatic carbocycles. The summed E-state index contributed by atoms with van der Waals surface area (Å²) in [5.74, 6) is 0. The van der Waals surface area contributed by atoms with Crippen LogP contribution in [-0.2, 0) is 0 Å². The van der Waals surface area contributed by atoms with Crippen molar-refractivity contribution in [2.75, 3.05) is 0 Å². The van der Waals surface area contributed by atoms with E-state index in [0.717, 1.165) is 15.1 Å². The molecule has 4 aromatic rings. The molecule has 0 aliphatic rings. The van der Waals surface area contributed by atoms with E-state index in [0.29, 0.717) is 0 Å². The van der Waals surface area contributed by atoms with Gasteiger partial charge >= 0.3 is 0 Å². The fourth-order valence-corrected chi connectivity index (χ4v) is 4.71. The normalized spacial score (nSPS) is 11.3. The Morgan fingerprint density at radius 3 is 2.33 bits per heavy atom. The molecular weight excluding hydrogens is 364 g/mol. The highest BCUT2D eigenvalue weighted by atomic mass is 79.9. The van der Waals surface area contributed by atoms with E-state index in [2.05, 4.69) is 58.4 Å². The number of hydrogen-bond donors (Lipinski definition) is 0. The first kappa shape index (κ1) is 13.3. The van der Waals surface area contributed by atoms with Crippen molar-refractivity contribution in [3.8, 4) is 11.1 Å². The Morgan fingerprint density at radius 2 is 1.52 bits per heavy atom. The molecule has 1 heterocycles. The Bertz CT molecular complexity index is 971. The van der Waals surface area contributed by atoms with Crippen LogP contribution in [0, 0.1) is 0 Å². The van der Waals surface area contributed by atoms with Crippen LogP contribution in [0.15, 0.2) is 65.1 Å². The first-order valence-electron chi connectivity index (χ1n) is 6.60. The van der Waals surface area contributed by atoms with Crippen LogP contribution in [0.2, 0.25) is 5.02 Å². The van der Waals surface area contributed by atoms with Crippen LogP contribution in [0.1, 0.15) is 0 Å². The summed E-state index contributed by atoms with van der Waals surface area (Å²) in [5, 5.41) is 3.37. The highest BCUT2D eigenvalue weighted by molar-refractivity contribution is 9.10. The van der Waals surface area contributed by atoms with Gasteiger partial charge in [0.15, 0.2) is 0 Å². The highest BCUT2D eigenvalue weighted by Crippen LogP contribution is 2.42. The van der Waals surface area contributed by atoms with Gasteiger partial charge in [-0.05, 0) is 45.3 Å². The molecule has 3 heteroatoms. The molecule has 0 atom stereocenters. The molecule has 0 bridgehead atoms. The predicted molar refractivity (Wildman–Crippen MR) is 97.5 cm³/mol. The average molecular weight is 374 g/mol. The summed E-state index contributed by atoms with van der Waals surface area (Å²) >= 11 is 11.6. The maximum Gasteiger partial charge on any atom is 0.0497 e. The lowest BCUT2D eigenvalue weighted by Gasteiger charge is -2.04. The summed E-state index contributed by atoms with van der Waals surface area (Å²) in [6.07, 6.45) is 0. The van der Waals surface area contributed by atoms with Gasteiger partial charge in [0.25, 0.3) is 0 Å². The van der Waals surface area contributed by atoms with E-state index in [-0.39, 0.29) is 0 Å². The quantitative estimate of drug-likeness (QED) is 0.332. The monoisotopic (exact) mass is 372 g/mol. The average Bonchev–Trinajstić information content (AvgIpc) is 2.87. The maximum absolute atomic E-state index is 6.15. The summed E-state index contributed by atoms with van der Waals surface area (Å²) < 4.78 is 3.75. The molecule has 21 heavy (non-hydrogen) atoms. The van der Waals surface area contributed by atoms with Gasteiger partial charge in [-0.2, -0.15) is 0 Å². The second kappa shape index (κ2) is 5.13. The lowest BCUT2D eigenvalue weighted by molar-refractivity contribution is 1.67. The molecule has 0 radical (unpaired) electrons. The Balaban J connectivity index is 2.11. The van der Waals surface area contributed by atoms with Crippen molar-refractivity contribution < 1.29 is 0 Å². The number of fused-ring (bicyclic) bond motifs is 3. The van der Waals surface area contributed by atoms with Crippen LogP contribution in [-0.4, -0.2) is 0 Å². The second-order valence-corrected chi connectivity index (χ2v) is 7.22. The van der Waals surface area contributed by atoms with Crippen LogP contribution < -0.4 is 0 Å². The Hall–Kier alpha value is -1.35. The molecule has 102 valence electrons. The number of benzene rings is 3. The SMILES string of the molecule is Clc1cccc(-c2cccc3c2sc2c(Br)cccc23)c1. The van der Waals surface area contributed by atoms with Crippen LogP contribution in [0.25, 0.3) is 31.3 Å². The smallest absolute Gasteiger partial charge is 0.0497 e. The van der Waals surface area contributed by atoms with E-state index in [1.54, 1.807) is 0 Å². The first-order valence-corrected chi connectivity index (χ1v) is 8.58. The summed E-state index contributed by atoms with van der Waals surface area (Å²) in [5.41, 5.74) is 2.40. The Kier molecular flexibility index (Phi) is 3.26. The largest absolute Gasteiger partial charge is 0.133 e. The molecule has 0 N–H and O–H groups in total. The molecular formula is C18H10BrClS. The maximum atomic E-state index is 6.15. The van der Waals surface area contributed by atoms with Gasteiger partial charge in [-0.25, -0.2) is 0 Å². The lowest BCUT2D eigenvalue weighted by Crippen LogP contribution is -1.77. The van der Waals surface area contributed by atoms with E-state index < -0.39 is 0 Å². The van der Waals surface area contributed by atoms with Crippen molar-refractivity contribution in [1.29, 1.82) is 0 Å². The molecule has 4 rings (SSSR count). The summed E-state index contributed by atoms with van der Waals surface area (Å²) in [6, 6.07) is 20.9. The number of halogens is 2. The minimum Gasteiger partial charge on any atom is -0.133 e. The zero-order valence-corrected chi connectivity index (χ0v) is 14.1. The van der Waals surface area contributed by atoms with E-state index in [9.17, 15) is 0 Å². The predicted octanol–water partition coefficient (Wildman–Crippen LogP) is 7.14. The zero-order valence-electron chi connectivity index (χ0n) is 10.9. The number of hydrogen-bond acceptors (Lipinski definition) is 1. The van der Waals surface area contributed by atoms with E-state index in [1.165, 1.54) is 25.7 Å². The lowest BCUT2D eigenvalue weighted by atomic mass is 10.0. The molecule has 0 saturated carbocycles. The van der Waals surface area contributed by atoms with Crippen LogP contribution >= 0.6 is 38.9 Å². The van der Waals surface area contributed by atoms with Crippen molar-refractivity contribution in [2.45, 2.75) is 0 Å². The van der Waals surface area contributed by atoms with Gasteiger partial charge < -0.3 is 0 Å². The molecule has 0 amide bonds. The standard InChI is InChI=1S/C18H10BrClS/c19-16-9-3-8-15-14-7-2-6-13(17(14)21-18(15)16)11-4-1-5-12(20)10-11/h1-10H. The second-order valence-electron chi connectivity index (χ2n) is 4.91. The molecule has 1 aromatic heterocycles. The molecule has 0 unspecified atom stereocenters. The third kappa shape index (κ3) is 2.18. The Morgan fingerprint density at radius 1 is 0.810 bits per heavy atom. The van der Waals surface area contributed by atoms with Crippen molar-refractivity contribution in [1.82, 2.24) is 0 Å². The van der Waals surface area contributed by atoms with Gasteiger partial charge in [-0.3, -0.25) is 0 Å². The van der Waals surface area contributed by atoms with E-state index in [4.69, 9.17) is 11.6 Å². The van der Waals surface area contributed by atoms with Gasteiger partial charge in [0, 0.05) is 29.7 Å². The number of thiophene rings is 1. The number of rotatable bonds is 1. The van der Waals surface area contributed by atoms with Crippen molar-refractivity contribution in [3.05, 3.63) is 70.2 Å². The minimum atomic E-state index is 0.770. The van der Waals surface area contributed by atoms with Gasteiger partial charge in [0.1, 0.15) is 0 Å². The van der Waals surface area contributed by atoms with Crippen molar-refractivity contribution in [2.24, 2.45) is 0 Å². The van der Waals surface area contributed by atoms with Crippen molar-refractivity contribution >= 4 is 59.0 Å². The third-order valence-corrected chi connectivity index (χ3v) is 6.06. The molecule has 0 nitrogen and oxygen atoms in total. The summed E-state index contributed by atoms with van der Waals surface area (Å²) in [4.78, 5) is 0. The van der Waals surface area contributed by atoms with Gasteiger partial charge in [-0.15, -0.1) is 11.3 Å². The molecule has 0 fully saturated rings. The molecule has 0 aliphatic carbocycles. The van der Waals surface area contributed by atoms with Gasteiger partial charge in [0.2, 0.25) is 0 Å². The molecule has 0 aliphatic heterocycles. The van der Waals surface area contributed by atoms with Gasteiger partial charge in [0.05, 0.1) is 0 Å². The fraction of sp³-hybridized carbons (Fsp3) is 0. The summed E-state index contributed by atoms with van der Waals surface area (Å²) in [6.45, 7) is 0. The van der Waals surface area contributed by atoms with Crippen LogP contribution in [0.5, 0.6) is 0 Å². The Labute approximate surface area is 140 Å². The minimum absolute atomic E-state index is 0.770. The zero-order chi connectivity index (χ0) is 14.4. The highest BCUT2D eigenvalue weighted by Gasteiger charge is 2.11. The van der Waals surface area contributed by atoms with Crippen LogP contribution in [0.3, 0.4) is 0 Å².